The van der Waals surface area contributed by atoms with Crippen LogP contribution >= 0.6 is 0 Å². The Balaban J connectivity index is 1.90. The number of benzene rings is 2. The number of hydrogen-bond donors (Lipinski definition) is 2. The molecule has 2 aromatic carbocycles. The van der Waals surface area contributed by atoms with Crippen LogP contribution in [0.25, 0.3) is 0 Å². The maximum absolute atomic E-state index is 12.0. The number of para-hydroxylation sites is 1. The predicted octanol–water partition coefficient (Wildman–Crippen LogP) is 1.87. The molecule has 6 nitrogen and oxygen atoms in total. The van der Waals surface area contributed by atoms with E-state index in [-0.39, 0.29) is 17.1 Å². The zero-order valence-electron chi connectivity index (χ0n) is 13.8. The number of phenols is 1. The van der Waals surface area contributed by atoms with E-state index in [0.29, 0.717) is 6.42 Å². The van der Waals surface area contributed by atoms with Crippen molar-refractivity contribution < 1.29 is 24.2 Å². The monoisotopic (exact) mass is 341 g/mol. The third kappa shape index (κ3) is 5.46. The highest BCUT2D eigenvalue weighted by Crippen LogP contribution is 2.16. The van der Waals surface area contributed by atoms with Crippen LogP contribution in [0.4, 0.5) is 0 Å². The van der Waals surface area contributed by atoms with Crippen LogP contribution in [0, 0.1) is 0 Å². The van der Waals surface area contributed by atoms with Gasteiger partial charge in [0.05, 0.1) is 6.04 Å². The number of esters is 1. The summed E-state index contributed by atoms with van der Waals surface area (Å²) in [6.45, 7) is 0.855. The highest BCUT2D eigenvalue weighted by Gasteiger charge is 2.19. The number of aromatic hydroxyl groups is 1. The molecule has 0 aromatic heterocycles. The molecule has 0 aliphatic carbocycles. The van der Waals surface area contributed by atoms with E-state index >= 15 is 0 Å². The number of nitrogens with one attached hydrogen (secondary N) is 1. The number of hydrogen-bond acceptors (Lipinski definition) is 5. The van der Waals surface area contributed by atoms with Crippen molar-refractivity contribution in [3.63, 3.8) is 0 Å². The van der Waals surface area contributed by atoms with Crippen LogP contribution in [0.3, 0.4) is 0 Å². The van der Waals surface area contributed by atoms with Gasteiger partial charge in [-0.2, -0.15) is 0 Å². The van der Waals surface area contributed by atoms with Crippen molar-refractivity contribution in [1.82, 2.24) is 5.32 Å². The molecule has 0 fully saturated rings. The first-order chi connectivity index (χ1) is 12.0. The Morgan fingerprint density at radius 3 is 2.32 bits per heavy atom. The number of carbonyl (C=O) groups excluding carboxylic acids is 3. The van der Waals surface area contributed by atoms with Crippen LogP contribution in [0.5, 0.6) is 5.75 Å². The molecule has 0 saturated heterocycles. The van der Waals surface area contributed by atoms with E-state index in [4.69, 9.17) is 4.74 Å². The standard InChI is InChI=1S/C19H19NO5/c1-13(21)16(11-14-7-3-2-4-8-14)20-18(23)12-25-19(24)15-9-5-6-10-17(15)22/h2-10,16,22H,11-12H2,1H3,(H,20,23). The lowest BCUT2D eigenvalue weighted by Gasteiger charge is -2.16. The van der Waals surface area contributed by atoms with Crippen LogP contribution in [0.15, 0.2) is 54.6 Å². The van der Waals surface area contributed by atoms with E-state index in [1.54, 1.807) is 12.1 Å². The zero-order chi connectivity index (χ0) is 18.2. The maximum atomic E-state index is 12.0. The van der Waals surface area contributed by atoms with E-state index in [9.17, 15) is 19.5 Å². The first kappa shape index (κ1) is 18.2. The van der Waals surface area contributed by atoms with Crippen molar-refractivity contribution in [2.45, 2.75) is 19.4 Å². The molecule has 130 valence electrons. The lowest BCUT2D eigenvalue weighted by atomic mass is 10.0. The minimum atomic E-state index is -0.810. The Bertz CT molecular complexity index is 757. The van der Waals surface area contributed by atoms with Crippen molar-refractivity contribution in [3.8, 4) is 5.75 Å². The van der Waals surface area contributed by atoms with Crippen molar-refractivity contribution >= 4 is 17.7 Å². The van der Waals surface area contributed by atoms with Gasteiger partial charge in [0.15, 0.2) is 12.4 Å². The number of Topliss-reactive ketones (excluding diaryl/α,β-unsaturated/α-hetero) is 1. The van der Waals surface area contributed by atoms with E-state index in [1.165, 1.54) is 19.1 Å². The van der Waals surface area contributed by atoms with Crippen molar-refractivity contribution in [3.05, 3.63) is 65.7 Å². The van der Waals surface area contributed by atoms with Gasteiger partial charge in [-0.15, -0.1) is 0 Å². The molecule has 0 bridgehead atoms. The molecule has 0 aliphatic heterocycles. The number of carbonyl (C=O) groups is 3. The van der Waals surface area contributed by atoms with Crippen LogP contribution < -0.4 is 5.32 Å². The molecule has 0 heterocycles. The highest BCUT2D eigenvalue weighted by atomic mass is 16.5. The third-order valence-electron chi connectivity index (χ3n) is 3.57. The quantitative estimate of drug-likeness (QED) is 0.750. The van der Waals surface area contributed by atoms with Gasteiger partial charge in [0.25, 0.3) is 5.91 Å². The van der Waals surface area contributed by atoms with Gasteiger partial charge in [-0.3, -0.25) is 9.59 Å². The molecule has 0 saturated carbocycles. The molecule has 6 heteroatoms. The molecule has 2 rings (SSSR count). The summed E-state index contributed by atoms with van der Waals surface area (Å²) in [6, 6.07) is 14.5. The van der Waals surface area contributed by atoms with Crippen LogP contribution in [-0.4, -0.2) is 35.4 Å². The van der Waals surface area contributed by atoms with Crippen molar-refractivity contribution in [1.29, 1.82) is 0 Å². The average molecular weight is 341 g/mol. The Hall–Kier alpha value is -3.15. The molecular formula is C19H19NO5. The number of phenolic OH excluding ortho intramolecular Hbond substituents is 1. The Labute approximate surface area is 145 Å². The van der Waals surface area contributed by atoms with Gasteiger partial charge in [-0.1, -0.05) is 42.5 Å². The molecule has 0 aliphatic rings. The van der Waals surface area contributed by atoms with Crippen LogP contribution in [-0.2, 0) is 20.7 Å². The van der Waals surface area contributed by atoms with Gasteiger partial charge >= 0.3 is 5.97 Å². The van der Waals surface area contributed by atoms with Gasteiger partial charge in [-0.05, 0) is 31.0 Å². The Morgan fingerprint density at radius 2 is 1.68 bits per heavy atom. The summed E-state index contributed by atoms with van der Waals surface area (Å²) in [4.78, 5) is 35.5. The summed E-state index contributed by atoms with van der Waals surface area (Å²) >= 11 is 0. The third-order valence-corrected chi connectivity index (χ3v) is 3.57. The van der Waals surface area contributed by atoms with Gasteiger partial charge < -0.3 is 15.2 Å². The van der Waals surface area contributed by atoms with E-state index < -0.39 is 24.5 Å². The second kappa shape index (κ2) is 8.63. The summed E-state index contributed by atoms with van der Waals surface area (Å²) in [5.41, 5.74) is 0.886. The Kier molecular flexibility index (Phi) is 6.28. The predicted molar refractivity (Wildman–Crippen MR) is 91.1 cm³/mol. The minimum Gasteiger partial charge on any atom is -0.507 e. The van der Waals surface area contributed by atoms with Crippen molar-refractivity contribution in [2.75, 3.05) is 6.61 Å². The largest absolute Gasteiger partial charge is 0.507 e. The fourth-order valence-corrected chi connectivity index (χ4v) is 2.24. The maximum Gasteiger partial charge on any atom is 0.342 e. The first-order valence-electron chi connectivity index (χ1n) is 7.76. The molecule has 1 atom stereocenters. The second-order valence-corrected chi connectivity index (χ2v) is 5.51. The van der Waals surface area contributed by atoms with Gasteiger partial charge in [-0.25, -0.2) is 4.79 Å². The number of amides is 1. The highest BCUT2D eigenvalue weighted by molar-refractivity contribution is 5.94. The van der Waals surface area contributed by atoms with E-state index in [1.807, 2.05) is 30.3 Å². The van der Waals surface area contributed by atoms with Crippen LogP contribution in [0.2, 0.25) is 0 Å². The molecule has 2 aromatic rings. The Morgan fingerprint density at radius 1 is 1.04 bits per heavy atom. The topological polar surface area (TPSA) is 92.7 Å². The lowest BCUT2D eigenvalue weighted by Crippen LogP contribution is -2.43. The molecule has 1 amide bonds. The van der Waals surface area contributed by atoms with E-state index in [2.05, 4.69) is 5.32 Å². The molecule has 25 heavy (non-hydrogen) atoms. The molecule has 0 radical (unpaired) electrons. The molecule has 0 spiro atoms. The number of ether oxygens (including phenoxy) is 1. The SMILES string of the molecule is CC(=O)C(Cc1ccccc1)NC(=O)COC(=O)c1ccccc1O. The minimum absolute atomic E-state index is 0.0253. The molecular weight excluding hydrogens is 322 g/mol. The van der Waals surface area contributed by atoms with Gasteiger partial charge in [0.2, 0.25) is 0 Å². The lowest BCUT2D eigenvalue weighted by molar-refractivity contribution is -0.128. The van der Waals surface area contributed by atoms with Gasteiger partial charge in [0.1, 0.15) is 11.3 Å². The summed E-state index contributed by atoms with van der Waals surface area (Å²) in [7, 11) is 0. The smallest absolute Gasteiger partial charge is 0.342 e. The van der Waals surface area contributed by atoms with Gasteiger partial charge in [0, 0.05) is 0 Å². The normalized spacial score (nSPS) is 11.4. The number of ketones is 1. The average Bonchev–Trinajstić information content (AvgIpc) is 2.60. The number of rotatable bonds is 7. The molecule has 1 unspecified atom stereocenters. The van der Waals surface area contributed by atoms with Crippen LogP contribution in [0.1, 0.15) is 22.8 Å². The summed E-state index contributed by atoms with van der Waals surface area (Å²) in [5, 5.41) is 12.1. The fourth-order valence-electron chi connectivity index (χ4n) is 2.24. The molecule has 2 N–H and O–H groups in total. The zero-order valence-corrected chi connectivity index (χ0v) is 13.8. The summed E-state index contributed by atoms with van der Waals surface area (Å²) in [5.74, 6) is -1.81. The summed E-state index contributed by atoms with van der Waals surface area (Å²) < 4.78 is 4.88. The fraction of sp³-hybridized carbons (Fsp3) is 0.211. The second-order valence-electron chi connectivity index (χ2n) is 5.51. The van der Waals surface area contributed by atoms with E-state index in [0.717, 1.165) is 5.56 Å². The van der Waals surface area contributed by atoms with Crippen molar-refractivity contribution in [2.24, 2.45) is 0 Å². The first-order valence-corrected chi connectivity index (χ1v) is 7.76. The summed E-state index contributed by atoms with van der Waals surface area (Å²) in [6.07, 6.45) is 0.356.